The largest absolute Gasteiger partial charge is 0.623 e. The lowest BCUT2D eigenvalue weighted by molar-refractivity contribution is -0.530. The van der Waals surface area contributed by atoms with Crippen LogP contribution in [-0.4, -0.2) is 29.5 Å². The van der Waals surface area contributed by atoms with Crippen LogP contribution in [-0.2, 0) is 10.1 Å². The molecule has 1 heterocycles. The van der Waals surface area contributed by atoms with Crippen LogP contribution in [0.3, 0.4) is 0 Å². The van der Waals surface area contributed by atoms with Gasteiger partial charge in [0.15, 0.2) is 11.3 Å². The van der Waals surface area contributed by atoms with Crippen molar-refractivity contribution in [3.63, 3.8) is 0 Å². The Balaban J connectivity index is 3.06. The minimum Gasteiger partial charge on any atom is -0.623 e. The molecule has 1 N–H and O–H groups in total. The van der Waals surface area contributed by atoms with Gasteiger partial charge in [-0.05, 0) is 12.1 Å². The van der Waals surface area contributed by atoms with Crippen molar-refractivity contribution in [1.29, 1.82) is 0 Å². The summed E-state index contributed by atoms with van der Waals surface area (Å²) in [6.45, 7) is 5.09. The maximum atomic E-state index is 11.5. The Kier molecular flexibility index (Phi) is 3.11. The number of nitrogens with zero attached hydrogens (tertiary/aromatic N) is 1. The Labute approximate surface area is 93.5 Å². The van der Waals surface area contributed by atoms with Crippen LogP contribution >= 0.6 is 0 Å². The van der Waals surface area contributed by atoms with Crippen LogP contribution in [0.25, 0.3) is 0 Å². The predicted octanol–water partition coefficient (Wildman–Crippen LogP) is 1.25. The Morgan fingerprint density at radius 3 is 2.38 bits per heavy atom. The Hall–Kier alpha value is -1.34. The monoisotopic (exact) mass is 247 g/mol. The van der Waals surface area contributed by atoms with Crippen molar-refractivity contribution in [2.24, 2.45) is 0 Å². The second kappa shape index (κ2) is 3.91. The summed E-state index contributed by atoms with van der Waals surface area (Å²) in [6.07, 6.45) is 1.12. The van der Waals surface area contributed by atoms with Crippen molar-refractivity contribution < 1.29 is 22.1 Å². The van der Waals surface area contributed by atoms with E-state index >= 15 is 0 Å². The van der Waals surface area contributed by atoms with Crippen LogP contribution in [0.15, 0.2) is 21.6 Å². The molecule has 6 nitrogen and oxygen atoms in total. The SMILES string of the molecule is CC(C)(C)/[N+]([O-])=C\c1ccc(S(=O)(=O)O)o1. The summed E-state index contributed by atoms with van der Waals surface area (Å²) in [5, 5.41) is 10.9. The lowest BCUT2D eigenvalue weighted by Crippen LogP contribution is -2.29. The topological polar surface area (TPSA) is 93.6 Å². The Bertz CT molecular complexity index is 506. The third kappa shape index (κ3) is 3.07. The van der Waals surface area contributed by atoms with Gasteiger partial charge in [0.1, 0.15) is 0 Å². The van der Waals surface area contributed by atoms with E-state index in [1.165, 1.54) is 6.07 Å². The molecule has 0 spiro atoms. The molecule has 0 atom stereocenters. The van der Waals surface area contributed by atoms with Crippen molar-refractivity contribution in [2.45, 2.75) is 31.4 Å². The van der Waals surface area contributed by atoms with Gasteiger partial charge in [0, 0.05) is 20.8 Å². The van der Waals surface area contributed by atoms with Gasteiger partial charge in [0.2, 0.25) is 11.3 Å². The highest BCUT2D eigenvalue weighted by molar-refractivity contribution is 7.85. The molecule has 0 aliphatic rings. The summed E-state index contributed by atoms with van der Waals surface area (Å²) in [6, 6.07) is 2.37. The lowest BCUT2D eigenvalue weighted by Gasteiger charge is -2.17. The first-order valence-electron chi connectivity index (χ1n) is 4.49. The van der Waals surface area contributed by atoms with Gasteiger partial charge in [-0.1, -0.05) is 0 Å². The molecule has 0 saturated heterocycles. The third-order valence-electron chi connectivity index (χ3n) is 1.76. The van der Waals surface area contributed by atoms with Crippen LogP contribution in [0.5, 0.6) is 0 Å². The summed E-state index contributed by atoms with van der Waals surface area (Å²) < 4.78 is 35.5. The molecule has 0 aliphatic heterocycles. The second-order valence-electron chi connectivity index (χ2n) is 4.26. The summed E-state index contributed by atoms with van der Waals surface area (Å²) in [7, 11) is -4.36. The summed E-state index contributed by atoms with van der Waals surface area (Å²) in [5.74, 6) is 0.0672. The molecular weight excluding hydrogens is 234 g/mol. The molecule has 0 bridgehead atoms. The zero-order chi connectivity index (χ0) is 12.6. The molecule has 0 radical (unpaired) electrons. The van der Waals surface area contributed by atoms with Gasteiger partial charge >= 0.3 is 10.1 Å². The highest BCUT2D eigenvalue weighted by Gasteiger charge is 2.20. The Morgan fingerprint density at radius 1 is 1.44 bits per heavy atom. The van der Waals surface area contributed by atoms with Crippen LogP contribution in [0, 0.1) is 5.21 Å². The van der Waals surface area contributed by atoms with Gasteiger partial charge in [-0.25, -0.2) is 4.74 Å². The van der Waals surface area contributed by atoms with Crippen molar-refractivity contribution in [1.82, 2.24) is 0 Å². The zero-order valence-electron chi connectivity index (χ0n) is 9.17. The molecule has 16 heavy (non-hydrogen) atoms. The summed E-state index contributed by atoms with van der Waals surface area (Å²) in [4.78, 5) is 0. The van der Waals surface area contributed by atoms with E-state index in [-0.39, 0.29) is 5.76 Å². The van der Waals surface area contributed by atoms with Crippen molar-refractivity contribution in [3.05, 3.63) is 23.1 Å². The van der Waals surface area contributed by atoms with E-state index < -0.39 is 20.7 Å². The zero-order valence-corrected chi connectivity index (χ0v) is 9.98. The highest BCUT2D eigenvalue weighted by atomic mass is 32.2. The van der Waals surface area contributed by atoms with Gasteiger partial charge < -0.3 is 9.62 Å². The fraction of sp³-hybridized carbons (Fsp3) is 0.444. The Morgan fingerprint density at radius 2 is 2.00 bits per heavy atom. The number of rotatable bonds is 2. The normalized spacial score (nSPS) is 14.1. The molecule has 0 amide bonds. The maximum Gasteiger partial charge on any atom is 0.328 e. The fourth-order valence-electron chi connectivity index (χ4n) is 0.852. The standard InChI is InChI=1S/C9H13NO5S/c1-9(2,3)10(11)6-7-4-5-8(15-7)16(12,13)14/h4-6H,1-3H3,(H,12,13,14)/b10-6+. The van der Waals surface area contributed by atoms with Crippen LogP contribution in [0.2, 0.25) is 0 Å². The van der Waals surface area contributed by atoms with Gasteiger partial charge in [-0.3, -0.25) is 4.55 Å². The molecule has 0 aliphatic carbocycles. The predicted molar refractivity (Wildman–Crippen MR) is 57.1 cm³/mol. The van der Waals surface area contributed by atoms with Crippen LogP contribution in [0.1, 0.15) is 26.5 Å². The van der Waals surface area contributed by atoms with Gasteiger partial charge in [0.05, 0.1) is 0 Å². The van der Waals surface area contributed by atoms with E-state index in [0.29, 0.717) is 4.74 Å². The summed E-state index contributed by atoms with van der Waals surface area (Å²) >= 11 is 0. The van der Waals surface area contributed by atoms with E-state index in [4.69, 9.17) is 8.97 Å². The first-order chi connectivity index (χ1) is 7.10. The van der Waals surface area contributed by atoms with E-state index in [1.807, 2.05) is 0 Å². The molecule has 0 aromatic carbocycles. The minimum atomic E-state index is -4.36. The maximum absolute atomic E-state index is 11.5. The van der Waals surface area contributed by atoms with Gasteiger partial charge in [-0.2, -0.15) is 8.42 Å². The molecule has 0 saturated carbocycles. The molecule has 1 aromatic heterocycles. The van der Waals surface area contributed by atoms with Crippen molar-refractivity contribution >= 4 is 16.3 Å². The molecule has 1 rings (SSSR count). The quantitative estimate of drug-likeness (QED) is 0.279. The third-order valence-corrected chi connectivity index (χ3v) is 2.49. The molecular formula is C9H13NO5S. The van der Waals surface area contributed by atoms with Crippen molar-refractivity contribution in [3.8, 4) is 0 Å². The fourth-order valence-corrected chi connectivity index (χ4v) is 1.29. The number of furan rings is 1. The number of hydroxylamine groups is 1. The van der Waals surface area contributed by atoms with E-state index in [0.717, 1.165) is 12.3 Å². The number of hydrogen-bond acceptors (Lipinski definition) is 4. The molecule has 1 aromatic rings. The first-order valence-corrected chi connectivity index (χ1v) is 5.93. The molecule has 90 valence electrons. The van der Waals surface area contributed by atoms with E-state index in [9.17, 15) is 13.6 Å². The average Bonchev–Trinajstić information content (AvgIpc) is 2.49. The minimum absolute atomic E-state index is 0.0672. The molecule has 0 fully saturated rings. The van der Waals surface area contributed by atoms with E-state index in [1.54, 1.807) is 20.8 Å². The van der Waals surface area contributed by atoms with Gasteiger partial charge in [-0.15, -0.1) is 0 Å². The smallest absolute Gasteiger partial charge is 0.328 e. The molecule has 0 unspecified atom stereocenters. The first kappa shape index (κ1) is 12.7. The van der Waals surface area contributed by atoms with E-state index in [2.05, 4.69) is 0 Å². The van der Waals surface area contributed by atoms with Crippen molar-refractivity contribution in [2.75, 3.05) is 0 Å². The highest BCUT2D eigenvalue weighted by Crippen LogP contribution is 2.13. The summed E-state index contributed by atoms with van der Waals surface area (Å²) in [5.41, 5.74) is -0.648. The second-order valence-corrected chi connectivity index (χ2v) is 5.61. The van der Waals surface area contributed by atoms with Crippen LogP contribution in [0.4, 0.5) is 0 Å². The molecule has 7 heteroatoms. The van der Waals surface area contributed by atoms with Gasteiger partial charge in [0.25, 0.3) is 0 Å². The average molecular weight is 247 g/mol. The lowest BCUT2D eigenvalue weighted by atomic mass is 10.1. The van der Waals surface area contributed by atoms with Crippen LogP contribution < -0.4 is 0 Å². The number of hydrogen-bond donors (Lipinski definition) is 1.